The lowest BCUT2D eigenvalue weighted by Gasteiger charge is -2.37. The molecule has 1 saturated carbocycles. The zero-order valence-corrected chi connectivity index (χ0v) is 9.62. The first-order valence-electron chi connectivity index (χ1n) is 5.93. The van der Waals surface area contributed by atoms with E-state index in [1.807, 2.05) is 6.08 Å². The van der Waals surface area contributed by atoms with Crippen molar-refractivity contribution in [1.82, 2.24) is 4.90 Å². The fourth-order valence-corrected chi connectivity index (χ4v) is 2.42. The van der Waals surface area contributed by atoms with Crippen molar-refractivity contribution in [3.8, 4) is 0 Å². The standard InChI is InChI=1S/C12H24N2O/c1-2-8-14(9-10-15)11-12(13)6-4-3-5-7-12/h2,15H,1,3-11,13H2. The lowest BCUT2D eigenvalue weighted by molar-refractivity contribution is 0.154. The van der Waals surface area contributed by atoms with E-state index in [0.717, 1.165) is 25.9 Å². The Bertz CT molecular complexity index is 188. The third-order valence-electron chi connectivity index (χ3n) is 3.19. The summed E-state index contributed by atoms with van der Waals surface area (Å²) in [6.07, 6.45) is 7.93. The number of hydrogen-bond donors (Lipinski definition) is 2. The SMILES string of the molecule is C=CCN(CCO)CC1(N)CCCCC1. The summed E-state index contributed by atoms with van der Waals surface area (Å²) in [5.74, 6) is 0. The first-order valence-corrected chi connectivity index (χ1v) is 5.93. The van der Waals surface area contributed by atoms with Crippen LogP contribution >= 0.6 is 0 Å². The van der Waals surface area contributed by atoms with E-state index in [2.05, 4.69) is 11.5 Å². The van der Waals surface area contributed by atoms with E-state index in [-0.39, 0.29) is 12.1 Å². The summed E-state index contributed by atoms with van der Waals surface area (Å²) in [4.78, 5) is 2.19. The minimum atomic E-state index is -0.0313. The normalized spacial score (nSPS) is 20.5. The van der Waals surface area contributed by atoms with Gasteiger partial charge in [-0.15, -0.1) is 6.58 Å². The quantitative estimate of drug-likeness (QED) is 0.649. The van der Waals surface area contributed by atoms with Crippen molar-refractivity contribution >= 4 is 0 Å². The largest absolute Gasteiger partial charge is 0.395 e. The minimum absolute atomic E-state index is 0.0313. The van der Waals surface area contributed by atoms with Gasteiger partial charge < -0.3 is 10.8 Å². The number of aliphatic hydroxyl groups excluding tert-OH is 1. The molecule has 0 atom stereocenters. The van der Waals surface area contributed by atoms with Crippen LogP contribution in [0, 0.1) is 0 Å². The molecule has 0 spiro atoms. The van der Waals surface area contributed by atoms with E-state index in [1.165, 1.54) is 19.3 Å². The van der Waals surface area contributed by atoms with Gasteiger partial charge in [0.25, 0.3) is 0 Å². The van der Waals surface area contributed by atoms with Gasteiger partial charge in [-0.3, -0.25) is 4.90 Å². The summed E-state index contributed by atoms with van der Waals surface area (Å²) in [5, 5.41) is 8.96. The predicted molar refractivity (Wildman–Crippen MR) is 63.7 cm³/mol. The smallest absolute Gasteiger partial charge is 0.0558 e. The van der Waals surface area contributed by atoms with Gasteiger partial charge in [-0.2, -0.15) is 0 Å². The second-order valence-electron chi connectivity index (χ2n) is 4.67. The molecule has 1 fully saturated rings. The van der Waals surface area contributed by atoms with Crippen molar-refractivity contribution < 1.29 is 5.11 Å². The van der Waals surface area contributed by atoms with Crippen molar-refractivity contribution in [2.45, 2.75) is 37.6 Å². The molecule has 0 aromatic carbocycles. The maximum atomic E-state index is 8.96. The summed E-state index contributed by atoms with van der Waals surface area (Å²) in [6, 6.07) is 0. The lowest BCUT2D eigenvalue weighted by atomic mass is 9.82. The minimum Gasteiger partial charge on any atom is -0.395 e. The monoisotopic (exact) mass is 212 g/mol. The summed E-state index contributed by atoms with van der Waals surface area (Å²) in [7, 11) is 0. The number of nitrogens with two attached hydrogens (primary N) is 1. The van der Waals surface area contributed by atoms with Crippen LogP contribution in [0.5, 0.6) is 0 Å². The molecular formula is C12H24N2O. The number of hydrogen-bond acceptors (Lipinski definition) is 3. The number of aliphatic hydroxyl groups is 1. The summed E-state index contributed by atoms with van der Waals surface area (Å²) in [6.45, 7) is 6.34. The van der Waals surface area contributed by atoms with E-state index in [4.69, 9.17) is 10.8 Å². The Hall–Kier alpha value is -0.380. The summed E-state index contributed by atoms with van der Waals surface area (Å²) in [5.41, 5.74) is 6.33. The molecule has 0 aromatic rings. The molecule has 1 rings (SSSR count). The highest BCUT2D eigenvalue weighted by molar-refractivity contribution is 4.91. The first kappa shape index (κ1) is 12.7. The molecule has 15 heavy (non-hydrogen) atoms. The molecule has 0 bridgehead atoms. The average Bonchev–Trinajstić information content (AvgIpc) is 2.19. The van der Waals surface area contributed by atoms with Crippen LogP contribution in [-0.4, -0.2) is 41.8 Å². The Kier molecular flexibility index (Phi) is 5.29. The van der Waals surface area contributed by atoms with Crippen molar-refractivity contribution in [1.29, 1.82) is 0 Å². The van der Waals surface area contributed by atoms with Gasteiger partial charge in [-0.1, -0.05) is 25.3 Å². The molecule has 0 radical (unpaired) electrons. The zero-order chi connectivity index (χ0) is 11.1. The maximum Gasteiger partial charge on any atom is 0.0558 e. The van der Waals surface area contributed by atoms with Gasteiger partial charge in [0.15, 0.2) is 0 Å². The van der Waals surface area contributed by atoms with Crippen molar-refractivity contribution in [2.75, 3.05) is 26.2 Å². The highest BCUT2D eigenvalue weighted by Crippen LogP contribution is 2.26. The van der Waals surface area contributed by atoms with Crippen LogP contribution in [0.4, 0.5) is 0 Å². The van der Waals surface area contributed by atoms with Crippen molar-refractivity contribution in [3.63, 3.8) is 0 Å². The molecule has 0 unspecified atom stereocenters. The summed E-state index contributed by atoms with van der Waals surface area (Å²) < 4.78 is 0. The van der Waals surface area contributed by atoms with Crippen LogP contribution in [0.15, 0.2) is 12.7 Å². The second kappa shape index (κ2) is 6.26. The highest BCUT2D eigenvalue weighted by Gasteiger charge is 2.28. The molecule has 3 nitrogen and oxygen atoms in total. The lowest BCUT2D eigenvalue weighted by Crippen LogP contribution is -2.52. The van der Waals surface area contributed by atoms with Gasteiger partial charge in [-0.05, 0) is 12.8 Å². The van der Waals surface area contributed by atoms with Gasteiger partial charge in [0, 0.05) is 25.2 Å². The topological polar surface area (TPSA) is 49.5 Å². The number of rotatable bonds is 6. The zero-order valence-electron chi connectivity index (χ0n) is 9.62. The Labute approximate surface area is 93.0 Å². The Balaban J connectivity index is 2.43. The van der Waals surface area contributed by atoms with Crippen LogP contribution in [0.3, 0.4) is 0 Å². The van der Waals surface area contributed by atoms with Crippen molar-refractivity contribution in [3.05, 3.63) is 12.7 Å². The third kappa shape index (κ3) is 4.33. The van der Waals surface area contributed by atoms with Crippen molar-refractivity contribution in [2.24, 2.45) is 5.73 Å². The Morgan fingerprint density at radius 3 is 2.53 bits per heavy atom. The van der Waals surface area contributed by atoms with E-state index in [0.29, 0.717) is 6.54 Å². The predicted octanol–water partition coefficient (Wildman–Crippen LogP) is 1.13. The molecule has 0 amide bonds. The van der Waals surface area contributed by atoms with Crippen LogP contribution in [0.25, 0.3) is 0 Å². The molecule has 88 valence electrons. The molecule has 3 heteroatoms. The number of nitrogens with zero attached hydrogens (tertiary/aromatic N) is 1. The molecule has 1 aliphatic rings. The molecule has 0 aliphatic heterocycles. The van der Waals surface area contributed by atoms with E-state index in [9.17, 15) is 0 Å². The van der Waals surface area contributed by atoms with Gasteiger partial charge in [0.1, 0.15) is 0 Å². The third-order valence-corrected chi connectivity index (χ3v) is 3.19. The molecule has 0 saturated heterocycles. The van der Waals surface area contributed by atoms with Crippen LogP contribution in [-0.2, 0) is 0 Å². The molecule has 3 N–H and O–H groups in total. The van der Waals surface area contributed by atoms with Gasteiger partial charge in [-0.25, -0.2) is 0 Å². The van der Waals surface area contributed by atoms with E-state index in [1.54, 1.807) is 0 Å². The Morgan fingerprint density at radius 2 is 2.00 bits per heavy atom. The van der Waals surface area contributed by atoms with Gasteiger partial charge in [0.05, 0.1) is 6.61 Å². The van der Waals surface area contributed by atoms with Crippen LogP contribution in [0.1, 0.15) is 32.1 Å². The molecule has 0 aromatic heterocycles. The highest BCUT2D eigenvalue weighted by atomic mass is 16.3. The average molecular weight is 212 g/mol. The van der Waals surface area contributed by atoms with Gasteiger partial charge in [0.2, 0.25) is 0 Å². The maximum absolute atomic E-state index is 8.96. The van der Waals surface area contributed by atoms with Crippen LogP contribution in [0.2, 0.25) is 0 Å². The van der Waals surface area contributed by atoms with Gasteiger partial charge >= 0.3 is 0 Å². The fourth-order valence-electron chi connectivity index (χ4n) is 2.42. The first-order chi connectivity index (χ1) is 7.20. The van der Waals surface area contributed by atoms with E-state index < -0.39 is 0 Å². The molecule has 1 aliphatic carbocycles. The molecular weight excluding hydrogens is 188 g/mol. The molecule has 0 heterocycles. The van der Waals surface area contributed by atoms with Crippen LogP contribution < -0.4 is 5.73 Å². The second-order valence-corrected chi connectivity index (χ2v) is 4.67. The summed E-state index contributed by atoms with van der Waals surface area (Å²) >= 11 is 0. The van der Waals surface area contributed by atoms with E-state index >= 15 is 0 Å². The Morgan fingerprint density at radius 1 is 1.33 bits per heavy atom. The fraction of sp³-hybridized carbons (Fsp3) is 0.833.